The van der Waals surface area contributed by atoms with Gasteiger partial charge in [0.05, 0.1) is 0 Å². The highest BCUT2D eigenvalue weighted by Crippen LogP contribution is 2.30. The van der Waals surface area contributed by atoms with Crippen LogP contribution in [0.15, 0.2) is 0 Å². The first-order valence-electron chi connectivity index (χ1n) is 8.04. The van der Waals surface area contributed by atoms with Gasteiger partial charge >= 0.3 is 0 Å². The average Bonchev–Trinajstić information content (AvgIpc) is 2.23. The van der Waals surface area contributed by atoms with Crippen LogP contribution in [-0.2, 0) is 0 Å². The van der Waals surface area contributed by atoms with Gasteiger partial charge in [-0.25, -0.2) is 0 Å². The van der Waals surface area contributed by atoms with Crippen molar-refractivity contribution in [3.05, 3.63) is 0 Å². The number of hydrogen-bond acceptors (Lipinski definition) is 2. The van der Waals surface area contributed by atoms with Crippen molar-refractivity contribution in [3.8, 4) is 0 Å². The Kier molecular flexibility index (Phi) is 5.08. The molecule has 2 aliphatic carbocycles. The van der Waals surface area contributed by atoms with Crippen LogP contribution in [-0.4, -0.2) is 12.1 Å². The first kappa shape index (κ1) is 14.3. The van der Waals surface area contributed by atoms with Crippen molar-refractivity contribution in [2.75, 3.05) is 0 Å². The second-order valence-electron chi connectivity index (χ2n) is 7.52. The lowest BCUT2D eigenvalue weighted by molar-refractivity contribution is 0.178. The van der Waals surface area contributed by atoms with Gasteiger partial charge in [0.1, 0.15) is 0 Å². The fourth-order valence-corrected chi connectivity index (χ4v) is 4.37. The molecule has 0 aromatic carbocycles. The van der Waals surface area contributed by atoms with Crippen molar-refractivity contribution >= 4 is 0 Å². The summed E-state index contributed by atoms with van der Waals surface area (Å²) in [5, 5.41) is 0. The molecular weight excluding hydrogens is 220 g/mol. The third kappa shape index (κ3) is 4.24. The van der Waals surface area contributed by atoms with E-state index < -0.39 is 0 Å². The second kappa shape index (κ2) is 6.38. The van der Waals surface area contributed by atoms with Gasteiger partial charge in [-0.3, -0.25) is 10.9 Å². The molecule has 2 nitrogen and oxygen atoms in total. The summed E-state index contributed by atoms with van der Waals surface area (Å²) in [6.45, 7) is 9.59. The maximum Gasteiger partial charge on any atom is 0.0218 e. The van der Waals surface area contributed by atoms with Crippen LogP contribution < -0.4 is 10.9 Å². The molecule has 2 fully saturated rings. The molecule has 0 aromatic rings. The zero-order valence-electron chi connectivity index (χ0n) is 12.7. The summed E-state index contributed by atoms with van der Waals surface area (Å²) >= 11 is 0. The summed E-state index contributed by atoms with van der Waals surface area (Å²) in [5.74, 6) is 3.55. The summed E-state index contributed by atoms with van der Waals surface area (Å²) in [7, 11) is 0. The fourth-order valence-electron chi connectivity index (χ4n) is 4.37. The minimum Gasteiger partial charge on any atom is -0.254 e. The largest absolute Gasteiger partial charge is 0.254 e. The minimum atomic E-state index is 0.691. The lowest BCUT2D eigenvalue weighted by Crippen LogP contribution is -2.50. The zero-order chi connectivity index (χ0) is 13.1. The Morgan fingerprint density at radius 2 is 0.778 bits per heavy atom. The van der Waals surface area contributed by atoms with Gasteiger partial charge in [-0.15, -0.1) is 0 Å². The number of rotatable bonds is 3. The molecule has 0 heterocycles. The topological polar surface area (TPSA) is 24.1 Å². The standard InChI is InChI=1S/C16H32N2/c1-11-5-12(2)8-15(7-11)17-18-16-9-13(3)6-14(4)10-16/h11-18H,5-10H2,1-4H3. The molecular formula is C16H32N2. The van der Waals surface area contributed by atoms with Gasteiger partial charge in [-0.1, -0.05) is 27.7 Å². The maximum atomic E-state index is 3.64. The Balaban J connectivity index is 1.73. The summed E-state index contributed by atoms with van der Waals surface area (Å²) in [4.78, 5) is 0. The van der Waals surface area contributed by atoms with Gasteiger partial charge in [-0.2, -0.15) is 0 Å². The Labute approximate surface area is 113 Å². The van der Waals surface area contributed by atoms with Crippen molar-refractivity contribution in [3.63, 3.8) is 0 Å². The Morgan fingerprint density at radius 3 is 1.06 bits per heavy atom. The summed E-state index contributed by atoms with van der Waals surface area (Å²) in [6, 6.07) is 1.38. The van der Waals surface area contributed by atoms with E-state index in [2.05, 4.69) is 38.5 Å². The molecule has 0 bridgehead atoms. The minimum absolute atomic E-state index is 0.691. The van der Waals surface area contributed by atoms with Crippen LogP contribution in [0.4, 0.5) is 0 Å². The van der Waals surface area contributed by atoms with Gasteiger partial charge < -0.3 is 0 Å². The molecule has 0 spiro atoms. The van der Waals surface area contributed by atoms with Gasteiger partial charge in [-0.05, 0) is 62.2 Å². The van der Waals surface area contributed by atoms with E-state index in [-0.39, 0.29) is 0 Å². The zero-order valence-corrected chi connectivity index (χ0v) is 12.7. The SMILES string of the molecule is CC1CC(C)CC(NNC2CC(C)CC(C)C2)C1. The van der Waals surface area contributed by atoms with E-state index in [1.807, 2.05) is 0 Å². The van der Waals surface area contributed by atoms with Crippen molar-refractivity contribution in [2.45, 2.75) is 78.3 Å². The predicted molar refractivity (Wildman–Crippen MR) is 78.2 cm³/mol. The molecule has 0 aromatic heterocycles. The van der Waals surface area contributed by atoms with E-state index in [1.54, 1.807) is 0 Å². The van der Waals surface area contributed by atoms with Crippen LogP contribution in [0.2, 0.25) is 0 Å². The highest BCUT2D eigenvalue weighted by molar-refractivity contribution is 4.82. The molecule has 2 saturated carbocycles. The Hall–Kier alpha value is -0.0800. The smallest absolute Gasteiger partial charge is 0.0218 e. The van der Waals surface area contributed by atoms with E-state index in [0.717, 1.165) is 23.7 Å². The second-order valence-corrected chi connectivity index (χ2v) is 7.52. The number of hydrazine groups is 1. The molecule has 0 saturated heterocycles. The molecule has 2 aliphatic rings. The van der Waals surface area contributed by atoms with Crippen LogP contribution in [0.5, 0.6) is 0 Å². The first-order valence-corrected chi connectivity index (χ1v) is 8.04. The number of hydrogen-bond donors (Lipinski definition) is 2. The average molecular weight is 252 g/mol. The lowest BCUT2D eigenvalue weighted by Gasteiger charge is -2.36. The van der Waals surface area contributed by atoms with Gasteiger partial charge in [0.15, 0.2) is 0 Å². The monoisotopic (exact) mass is 252 g/mol. The number of nitrogens with one attached hydrogen (secondary N) is 2. The molecule has 0 radical (unpaired) electrons. The Bertz CT molecular complexity index is 207. The lowest BCUT2D eigenvalue weighted by atomic mass is 9.80. The quantitative estimate of drug-likeness (QED) is 0.748. The van der Waals surface area contributed by atoms with E-state index in [1.165, 1.54) is 38.5 Å². The van der Waals surface area contributed by atoms with Crippen LogP contribution in [0.25, 0.3) is 0 Å². The molecule has 4 atom stereocenters. The van der Waals surface area contributed by atoms with Crippen LogP contribution in [0.1, 0.15) is 66.2 Å². The highest BCUT2D eigenvalue weighted by atomic mass is 15.4. The summed E-state index contributed by atoms with van der Waals surface area (Å²) in [5.41, 5.74) is 7.29. The molecule has 106 valence electrons. The summed E-state index contributed by atoms with van der Waals surface area (Å²) < 4.78 is 0. The predicted octanol–water partition coefficient (Wildman–Crippen LogP) is 3.73. The fraction of sp³-hybridized carbons (Fsp3) is 1.00. The van der Waals surface area contributed by atoms with Crippen molar-refractivity contribution in [1.82, 2.24) is 10.9 Å². The van der Waals surface area contributed by atoms with E-state index in [9.17, 15) is 0 Å². The molecule has 0 aliphatic heterocycles. The van der Waals surface area contributed by atoms with Crippen LogP contribution >= 0.6 is 0 Å². The third-order valence-corrected chi connectivity index (χ3v) is 4.85. The highest BCUT2D eigenvalue weighted by Gasteiger charge is 2.26. The summed E-state index contributed by atoms with van der Waals surface area (Å²) in [6.07, 6.45) is 8.19. The van der Waals surface area contributed by atoms with Crippen LogP contribution in [0, 0.1) is 23.7 Å². The Morgan fingerprint density at radius 1 is 0.500 bits per heavy atom. The van der Waals surface area contributed by atoms with Gasteiger partial charge in [0.25, 0.3) is 0 Å². The van der Waals surface area contributed by atoms with E-state index in [4.69, 9.17) is 0 Å². The van der Waals surface area contributed by atoms with Crippen molar-refractivity contribution < 1.29 is 0 Å². The first-order chi connectivity index (χ1) is 8.52. The van der Waals surface area contributed by atoms with Gasteiger partial charge in [0, 0.05) is 12.1 Å². The van der Waals surface area contributed by atoms with Crippen molar-refractivity contribution in [1.29, 1.82) is 0 Å². The molecule has 2 rings (SSSR count). The molecule has 2 N–H and O–H groups in total. The molecule has 0 amide bonds. The van der Waals surface area contributed by atoms with E-state index in [0.29, 0.717) is 12.1 Å². The third-order valence-electron chi connectivity index (χ3n) is 4.85. The van der Waals surface area contributed by atoms with Crippen molar-refractivity contribution in [2.24, 2.45) is 23.7 Å². The van der Waals surface area contributed by atoms with Gasteiger partial charge in [0.2, 0.25) is 0 Å². The normalized spacial score (nSPS) is 46.0. The molecule has 4 unspecified atom stereocenters. The molecule has 2 heteroatoms. The maximum absolute atomic E-state index is 3.64. The van der Waals surface area contributed by atoms with Crippen LogP contribution in [0.3, 0.4) is 0 Å². The molecule has 18 heavy (non-hydrogen) atoms. The van der Waals surface area contributed by atoms with E-state index >= 15 is 0 Å².